The van der Waals surface area contributed by atoms with Crippen LogP contribution in [0.5, 0.6) is 5.75 Å². The van der Waals surface area contributed by atoms with Crippen molar-refractivity contribution in [2.75, 3.05) is 0 Å². The second-order valence-electron chi connectivity index (χ2n) is 7.29. The van der Waals surface area contributed by atoms with Gasteiger partial charge in [0.05, 0.1) is 17.6 Å². The lowest BCUT2D eigenvalue weighted by atomic mass is 10.1. The van der Waals surface area contributed by atoms with Crippen LogP contribution in [0.2, 0.25) is 0 Å². The van der Waals surface area contributed by atoms with Crippen LogP contribution in [-0.4, -0.2) is 27.0 Å². The summed E-state index contributed by atoms with van der Waals surface area (Å²) in [5.74, 6) is -0.350. The SMILES string of the molecule is Cc1ccc(-c2cc(C(=O)N/N=C\c3ccccc3O)nn2-c2ccc(C)cc2)cc1. The second-order valence-corrected chi connectivity index (χ2v) is 7.29. The van der Waals surface area contributed by atoms with Gasteiger partial charge in [-0.3, -0.25) is 4.79 Å². The molecule has 0 unspecified atom stereocenters. The highest BCUT2D eigenvalue weighted by molar-refractivity contribution is 5.94. The van der Waals surface area contributed by atoms with Crippen molar-refractivity contribution >= 4 is 12.1 Å². The van der Waals surface area contributed by atoms with Gasteiger partial charge in [0.1, 0.15) is 5.75 Å². The molecule has 1 amide bonds. The Morgan fingerprint density at radius 3 is 2.29 bits per heavy atom. The summed E-state index contributed by atoms with van der Waals surface area (Å²) >= 11 is 0. The van der Waals surface area contributed by atoms with Gasteiger partial charge in [0, 0.05) is 11.1 Å². The third kappa shape index (κ3) is 4.53. The standard InChI is InChI=1S/C25H22N4O2/c1-17-7-11-19(12-8-17)23-15-22(28-29(23)21-13-9-18(2)10-14-21)25(31)27-26-16-20-5-3-4-6-24(20)30/h3-16,30H,1-2H3,(H,27,31)/b26-16-. The molecule has 0 aliphatic heterocycles. The van der Waals surface area contributed by atoms with Crippen molar-refractivity contribution in [1.82, 2.24) is 15.2 Å². The number of carbonyl (C=O) groups excluding carboxylic acids is 1. The second kappa shape index (κ2) is 8.67. The van der Waals surface area contributed by atoms with Crippen molar-refractivity contribution in [3.8, 4) is 22.7 Å². The first-order valence-corrected chi connectivity index (χ1v) is 9.87. The minimum absolute atomic E-state index is 0.0887. The van der Waals surface area contributed by atoms with E-state index in [2.05, 4.69) is 15.6 Å². The van der Waals surface area contributed by atoms with Gasteiger partial charge >= 0.3 is 0 Å². The van der Waals surface area contributed by atoms with Crippen LogP contribution in [0.25, 0.3) is 16.9 Å². The molecule has 3 aromatic carbocycles. The lowest BCUT2D eigenvalue weighted by Gasteiger charge is -2.08. The average Bonchev–Trinajstić information content (AvgIpc) is 3.21. The number of phenols is 1. The van der Waals surface area contributed by atoms with Crippen molar-refractivity contribution in [2.24, 2.45) is 5.10 Å². The predicted octanol–water partition coefficient (Wildman–Crippen LogP) is 4.63. The lowest BCUT2D eigenvalue weighted by Crippen LogP contribution is -2.18. The Bertz CT molecular complexity index is 1180. The smallest absolute Gasteiger partial charge is 0.291 e. The van der Waals surface area contributed by atoms with Gasteiger partial charge in [0.15, 0.2) is 5.69 Å². The van der Waals surface area contributed by atoms with E-state index in [9.17, 15) is 9.90 Å². The maximum absolute atomic E-state index is 12.7. The first-order valence-electron chi connectivity index (χ1n) is 9.87. The van der Waals surface area contributed by atoms with E-state index in [1.807, 2.05) is 62.4 Å². The molecule has 0 bridgehead atoms. The number of hydrogen-bond donors (Lipinski definition) is 2. The fraction of sp³-hybridized carbons (Fsp3) is 0.0800. The van der Waals surface area contributed by atoms with Gasteiger partial charge in [-0.25, -0.2) is 10.1 Å². The molecule has 0 saturated carbocycles. The maximum atomic E-state index is 12.7. The van der Waals surface area contributed by atoms with Crippen LogP contribution in [-0.2, 0) is 0 Å². The third-order valence-electron chi connectivity index (χ3n) is 4.87. The van der Waals surface area contributed by atoms with Crippen LogP contribution in [0.3, 0.4) is 0 Å². The summed E-state index contributed by atoms with van der Waals surface area (Å²) in [4.78, 5) is 12.7. The van der Waals surface area contributed by atoms with Gasteiger partial charge in [0.25, 0.3) is 5.91 Å². The number of hydrogen-bond acceptors (Lipinski definition) is 4. The van der Waals surface area contributed by atoms with E-state index in [1.165, 1.54) is 6.21 Å². The van der Waals surface area contributed by atoms with Crippen LogP contribution in [0.1, 0.15) is 27.2 Å². The van der Waals surface area contributed by atoms with Gasteiger partial charge in [-0.1, -0.05) is 59.7 Å². The number of benzene rings is 3. The minimum Gasteiger partial charge on any atom is -0.507 e. The normalized spacial score (nSPS) is 11.0. The fourth-order valence-corrected chi connectivity index (χ4v) is 3.12. The summed E-state index contributed by atoms with van der Waals surface area (Å²) in [6, 6.07) is 24.5. The van der Waals surface area contributed by atoms with E-state index in [-0.39, 0.29) is 11.4 Å². The highest BCUT2D eigenvalue weighted by Crippen LogP contribution is 2.25. The number of nitrogens with zero attached hydrogens (tertiary/aromatic N) is 3. The number of aromatic nitrogens is 2. The van der Waals surface area contributed by atoms with Gasteiger partial charge in [-0.15, -0.1) is 0 Å². The Balaban J connectivity index is 1.65. The molecule has 154 valence electrons. The summed E-state index contributed by atoms with van der Waals surface area (Å²) < 4.78 is 1.76. The molecule has 1 aromatic heterocycles. The minimum atomic E-state index is -0.439. The van der Waals surface area contributed by atoms with Gasteiger partial charge in [-0.2, -0.15) is 10.2 Å². The number of nitrogens with one attached hydrogen (secondary N) is 1. The molecule has 0 aliphatic carbocycles. The lowest BCUT2D eigenvalue weighted by molar-refractivity contribution is 0.0949. The largest absolute Gasteiger partial charge is 0.507 e. The number of rotatable bonds is 5. The zero-order valence-electron chi connectivity index (χ0n) is 17.3. The Morgan fingerprint density at radius 2 is 1.61 bits per heavy atom. The van der Waals surface area contributed by atoms with E-state index >= 15 is 0 Å². The molecule has 4 rings (SSSR count). The molecule has 1 heterocycles. The molecule has 0 fully saturated rings. The zero-order chi connectivity index (χ0) is 21.8. The van der Waals surface area contributed by atoms with Crippen molar-refractivity contribution in [3.63, 3.8) is 0 Å². The molecule has 31 heavy (non-hydrogen) atoms. The third-order valence-corrected chi connectivity index (χ3v) is 4.87. The molecule has 0 radical (unpaired) electrons. The van der Waals surface area contributed by atoms with Crippen molar-refractivity contribution in [1.29, 1.82) is 0 Å². The van der Waals surface area contributed by atoms with E-state index in [1.54, 1.807) is 35.0 Å². The van der Waals surface area contributed by atoms with Gasteiger partial charge in [0.2, 0.25) is 0 Å². The van der Waals surface area contributed by atoms with Crippen molar-refractivity contribution in [2.45, 2.75) is 13.8 Å². The maximum Gasteiger partial charge on any atom is 0.291 e. The van der Waals surface area contributed by atoms with Crippen LogP contribution in [0.4, 0.5) is 0 Å². The molecule has 0 aliphatic rings. The fourth-order valence-electron chi connectivity index (χ4n) is 3.12. The highest BCUT2D eigenvalue weighted by Gasteiger charge is 2.16. The Kier molecular flexibility index (Phi) is 5.62. The van der Waals surface area contributed by atoms with Gasteiger partial charge < -0.3 is 5.11 Å². The number of aromatic hydroxyl groups is 1. The van der Waals surface area contributed by atoms with Gasteiger partial charge in [-0.05, 0) is 44.2 Å². The Hall–Kier alpha value is -4.19. The number of amides is 1. The molecule has 6 heteroatoms. The topological polar surface area (TPSA) is 79.5 Å². The van der Waals surface area contributed by atoms with Crippen LogP contribution >= 0.6 is 0 Å². The molecule has 6 nitrogen and oxygen atoms in total. The summed E-state index contributed by atoms with van der Waals surface area (Å²) in [5, 5.41) is 18.3. The van der Waals surface area contributed by atoms with E-state index in [0.29, 0.717) is 5.56 Å². The van der Waals surface area contributed by atoms with E-state index in [0.717, 1.165) is 28.1 Å². The average molecular weight is 410 g/mol. The van der Waals surface area contributed by atoms with E-state index in [4.69, 9.17) is 0 Å². The molecule has 0 saturated heterocycles. The molecule has 0 spiro atoms. The summed E-state index contributed by atoms with van der Waals surface area (Å²) in [6.07, 6.45) is 1.39. The van der Waals surface area contributed by atoms with Crippen LogP contribution < -0.4 is 5.43 Å². The van der Waals surface area contributed by atoms with Crippen molar-refractivity contribution < 1.29 is 9.90 Å². The number of carbonyl (C=O) groups is 1. The Morgan fingerprint density at radius 1 is 0.968 bits per heavy atom. The summed E-state index contributed by atoms with van der Waals surface area (Å²) in [5.41, 5.74) is 8.14. The van der Waals surface area contributed by atoms with Crippen molar-refractivity contribution in [3.05, 3.63) is 101 Å². The quantitative estimate of drug-likeness (QED) is 0.372. The number of phenolic OH excluding ortho intramolecular Hbond substituents is 1. The van der Waals surface area contributed by atoms with Crippen LogP contribution in [0, 0.1) is 13.8 Å². The summed E-state index contributed by atoms with van der Waals surface area (Å²) in [7, 11) is 0. The number of para-hydroxylation sites is 1. The highest BCUT2D eigenvalue weighted by atomic mass is 16.3. The zero-order valence-corrected chi connectivity index (χ0v) is 17.3. The first-order chi connectivity index (χ1) is 15.0. The number of hydrazone groups is 1. The van der Waals surface area contributed by atoms with E-state index < -0.39 is 5.91 Å². The number of aryl methyl sites for hydroxylation is 2. The molecule has 4 aromatic rings. The molecular weight excluding hydrogens is 388 g/mol. The predicted molar refractivity (Wildman–Crippen MR) is 122 cm³/mol. The molecule has 0 atom stereocenters. The molecular formula is C25H22N4O2. The Labute approximate surface area is 180 Å². The monoisotopic (exact) mass is 410 g/mol. The summed E-state index contributed by atoms with van der Waals surface area (Å²) in [6.45, 7) is 4.05. The first kappa shape index (κ1) is 20.1. The van der Waals surface area contributed by atoms with Crippen LogP contribution in [0.15, 0.2) is 84.0 Å². The molecule has 2 N–H and O–H groups in total.